The zero-order valence-corrected chi connectivity index (χ0v) is 9.35. The zero-order chi connectivity index (χ0) is 11.0. The molecule has 0 atom stereocenters. The molecular formula is C14H14N2. The second kappa shape index (κ2) is 3.63. The number of nitrogens with zero attached hydrogens (tertiary/aromatic N) is 2. The van der Waals surface area contributed by atoms with Gasteiger partial charge in [0.25, 0.3) is 0 Å². The Morgan fingerprint density at radius 3 is 2.81 bits per heavy atom. The Morgan fingerprint density at radius 2 is 2.00 bits per heavy atom. The molecule has 2 aromatic rings. The highest BCUT2D eigenvalue weighted by Crippen LogP contribution is 2.26. The summed E-state index contributed by atoms with van der Waals surface area (Å²) in [6.45, 7) is 3.16. The van der Waals surface area contributed by atoms with Gasteiger partial charge in [0, 0.05) is 24.5 Å². The molecule has 1 aliphatic heterocycles. The van der Waals surface area contributed by atoms with E-state index in [1.54, 1.807) is 0 Å². The van der Waals surface area contributed by atoms with Crippen LogP contribution in [0.5, 0.6) is 0 Å². The number of benzene rings is 1. The number of rotatable bonds is 1. The van der Waals surface area contributed by atoms with Crippen LogP contribution in [0.2, 0.25) is 0 Å². The van der Waals surface area contributed by atoms with E-state index < -0.39 is 0 Å². The van der Waals surface area contributed by atoms with Gasteiger partial charge in [-0.15, -0.1) is 0 Å². The zero-order valence-electron chi connectivity index (χ0n) is 9.35. The van der Waals surface area contributed by atoms with E-state index in [0.717, 1.165) is 18.8 Å². The van der Waals surface area contributed by atoms with Crippen molar-refractivity contribution in [2.75, 3.05) is 0 Å². The smallest absolute Gasteiger partial charge is 0.140 e. The van der Waals surface area contributed by atoms with E-state index in [9.17, 15) is 0 Å². The van der Waals surface area contributed by atoms with Crippen LogP contribution >= 0.6 is 0 Å². The predicted octanol–water partition coefficient (Wildman–Crippen LogP) is 3.03. The van der Waals surface area contributed by atoms with E-state index >= 15 is 0 Å². The van der Waals surface area contributed by atoms with Gasteiger partial charge in [0.1, 0.15) is 5.82 Å². The molecule has 0 spiro atoms. The summed E-state index contributed by atoms with van der Waals surface area (Å²) in [6.07, 6.45) is 7.30. The third-order valence-corrected chi connectivity index (χ3v) is 3.04. The molecule has 16 heavy (non-hydrogen) atoms. The average Bonchev–Trinajstić information content (AvgIpc) is 2.78. The topological polar surface area (TPSA) is 17.8 Å². The summed E-state index contributed by atoms with van der Waals surface area (Å²) in [4.78, 5) is 4.43. The molecule has 0 radical (unpaired) electrons. The first kappa shape index (κ1) is 9.40. The molecule has 0 bridgehead atoms. The summed E-state index contributed by atoms with van der Waals surface area (Å²) in [5.74, 6) is 1.09. The number of hydrogen-bond donors (Lipinski definition) is 0. The van der Waals surface area contributed by atoms with Crippen molar-refractivity contribution in [3.05, 3.63) is 59.7 Å². The van der Waals surface area contributed by atoms with Crippen LogP contribution in [0.25, 0.3) is 5.57 Å². The van der Waals surface area contributed by atoms with Crippen molar-refractivity contribution in [1.29, 1.82) is 0 Å². The summed E-state index contributed by atoms with van der Waals surface area (Å²) in [5.41, 5.74) is 3.82. The van der Waals surface area contributed by atoms with Crippen LogP contribution in [-0.2, 0) is 6.54 Å². The fourth-order valence-electron chi connectivity index (χ4n) is 2.15. The monoisotopic (exact) mass is 210 g/mol. The van der Waals surface area contributed by atoms with Crippen LogP contribution in [0.3, 0.4) is 0 Å². The maximum absolute atomic E-state index is 4.43. The van der Waals surface area contributed by atoms with E-state index in [4.69, 9.17) is 0 Å². The Kier molecular flexibility index (Phi) is 2.13. The maximum atomic E-state index is 4.43. The summed E-state index contributed by atoms with van der Waals surface area (Å²) in [6, 6.07) is 8.65. The maximum Gasteiger partial charge on any atom is 0.140 e. The fraction of sp³-hybridized carbons (Fsp3) is 0.214. The standard InChI is InChI=1S/C14H14N2/c1-11-4-6-12(7-5-11)13-3-2-9-16-10-8-15-14(13)16/h3-8,10H,2,9H2,1H3. The van der Waals surface area contributed by atoms with Crippen molar-refractivity contribution < 1.29 is 0 Å². The van der Waals surface area contributed by atoms with E-state index in [2.05, 4.69) is 53.0 Å². The molecule has 0 amide bonds. The molecule has 0 aliphatic carbocycles. The van der Waals surface area contributed by atoms with Gasteiger partial charge in [0.05, 0.1) is 0 Å². The Hall–Kier alpha value is -1.83. The van der Waals surface area contributed by atoms with Crippen LogP contribution in [0, 0.1) is 6.92 Å². The fourth-order valence-corrected chi connectivity index (χ4v) is 2.15. The van der Waals surface area contributed by atoms with Crippen molar-refractivity contribution in [3.8, 4) is 0 Å². The molecule has 1 aromatic carbocycles. The third-order valence-electron chi connectivity index (χ3n) is 3.04. The van der Waals surface area contributed by atoms with E-state index in [1.807, 2.05) is 6.20 Å². The van der Waals surface area contributed by atoms with Gasteiger partial charge in [-0.25, -0.2) is 4.98 Å². The van der Waals surface area contributed by atoms with Crippen LogP contribution in [0.1, 0.15) is 23.4 Å². The van der Waals surface area contributed by atoms with Crippen LogP contribution < -0.4 is 0 Å². The highest BCUT2D eigenvalue weighted by atomic mass is 15.1. The predicted molar refractivity (Wildman–Crippen MR) is 65.1 cm³/mol. The van der Waals surface area contributed by atoms with Crippen LogP contribution in [-0.4, -0.2) is 9.55 Å². The molecule has 0 fully saturated rings. The normalized spacial score (nSPS) is 14.4. The minimum atomic E-state index is 1.05. The molecule has 1 aromatic heterocycles. The van der Waals surface area contributed by atoms with Gasteiger partial charge < -0.3 is 4.57 Å². The first-order valence-corrected chi connectivity index (χ1v) is 5.63. The lowest BCUT2D eigenvalue weighted by Gasteiger charge is -2.15. The van der Waals surface area contributed by atoms with Crippen molar-refractivity contribution in [1.82, 2.24) is 9.55 Å². The Labute approximate surface area is 95.3 Å². The Morgan fingerprint density at radius 1 is 1.19 bits per heavy atom. The van der Waals surface area contributed by atoms with Crippen LogP contribution in [0.4, 0.5) is 0 Å². The molecule has 80 valence electrons. The van der Waals surface area contributed by atoms with Gasteiger partial charge in [0.15, 0.2) is 0 Å². The summed E-state index contributed by atoms with van der Waals surface area (Å²) in [7, 11) is 0. The number of hydrogen-bond acceptors (Lipinski definition) is 1. The molecule has 0 saturated carbocycles. The van der Waals surface area contributed by atoms with E-state index in [1.165, 1.54) is 16.7 Å². The molecule has 0 unspecified atom stereocenters. The van der Waals surface area contributed by atoms with Crippen molar-refractivity contribution in [2.24, 2.45) is 0 Å². The Balaban J connectivity index is 2.08. The number of aryl methyl sites for hydroxylation is 2. The highest BCUT2D eigenvalue weighted by Gasteiger charge is 2.14. The molecule has 2 nitrogen and oxygen atoms in total. The van der Waals surface area contributed by atoms with Crippen molar-refractivity contribution in [3.63, 3.8) is 0 Å². The van der Waals surface area contributed by atoms with Crippen molar-refractivity contribution >= 4 is 5.57 Å². The van der Waals surface area contributed by atoms with Gasteiger partial charge in [-0.05, 0) is 18.9 Å². The largest absolute Gasteiger partial charge is 0.331 e. The van der Waals surface area contributed by atoms with E-state index in [0.29, 0.717) is 0 Å². The molecule has 3 rings (SSSR count). The lowest BCUT2D eigenvalue weighted by atomic mass is 10.0. The molecule has 0 saturated heterocycles. The highest BCUT2D eigenvalue weighted by molar-refractivity contribution is 5.77. The molecule has 2 heteroatoms. The third kappa shape index (κ3) is 1.47. The number of aromatic nitrogens is 2. The minimum Gasteiger partial charge on any atom is -0.331 e. The summed E-state index contributed by atoms with van der Waals surface area (Å²) in [5, 5.41) is 0. The SMILES string of the molecule is Cc1ccc(C2=CCCn3ccnc32)cc1. The van der Waals surface area contributed by atoms with Crippen LogP contribution in [0.15, 0.2) is 42.7 Å². The summed E-state index contributed by atoms with van der Waals surface area (Å²) < 4.78 is 2.22. The van der Waals surface area contributed by atoms with Gasteiger partial charge in [-0.3, -0.25) is 0 Å². The van der Waals surface area contributed by atoms with Gasteiger partial charge in [0.2, 0.25) is 0 Å². The molecular weight excluding hydrogens is 196 g/mol. The first-order chi connectivity index (χ1) is 7.84. The number of fused-ring (bicyclic) bond motifs is 1. The second-order valence-electron chi connectivity index (χ2n) is 4.22. The van der Waals surface area contributed by atoms with Crippen molar-refractivity contribution in [2.45, 2.75) is 19.9 Å². The van der Waals surface area contributed by atoms with E-state index in [-0.39, 0.29) is 0 Å². The minimum absolute atomic E-state index is 1.05. The second-order valence-corrected chi connectivity index (χ2v) is 4.22. The number of allylic oxidation sites excluding steroid dienone is 1. The Bertz CT molecular complexity index is 532. The van der Waals surface area contributed by atoms with Gasteiger partial charge in [-0.2, -0.15) is 0 Å². The first-order valence-electron chi connectivity index (χ1n) is 5.63. The molecule has 2 heterocycles. The lowest BCUT2D eigenvalue weighted by molar-refractivity contribution is 0.684. The molecule has 1 aliphatic rings. The number of imidazole rings is 1. The lowest BCUT2D eigenvalue weighted by Crippen LogP contribution is -2.07. The average molecular weight is 210 g/mol. The molecule has 0 N–H and O–H groups in total. The van der Waals surface area contributed by atoms with Gasteiger partial charge in [-0.1, -0.05) is 35.9 Å². The summed E-state index contributed by atoms with van der Waals surface area (Å²) >= 11 is 0. The van der Waals surface area contributed by atoms with Gasteiger partial charge >= 0.3 is 0 Å². The quantitative estimate of drug-likeness (QED) is 0.707.